The second-order valence-electron chi connectivity index (χ2n) is 7.66. The third-order valence-corrected chi connectivity index (χ3v) is 7.93. The Kier molecular flexibility index (Phi) is 4.12. The van der Waals surface area contributed by atoms with Gasteiger partial charge in [0.2, 0.25) is 0 Å². The van der Waals surface area contributed by atoms with Gasteiger partial charge < -0.3 is 10.1 Å². The first-order valence-corrected chi connectivity index (χ1v) is 11.6. The summed E-state index contributed by atoms with van der Waals surface area (Å²) in [5.74, 6) is 1.91. The predicted octanol–water partition coefficient (Wildman–Crippen LogP) is 8.44. The normalized spacial score (nSPS) is 13.3. The summed E-state index contributed by atoms with van der Waals surface area (Å²) >= 11 is 3.63. The first kappa shape index (κ1) is 18.0. The highest BCUT2D eigenvalue weighted by Gasteiger charge is 2.22. The number of fused-ring (bicyclic) bond motifs is 4. The zero-order chi connectivity index (χ0) is 20.2. The van der Waals surface area contributed by atoms with E-state index in [4.69, 9.17) is 4.74 Å². The van der Waals surface area contributed by atoms with Crippen molar-refractivity contribution in [2.45, 2.75) is 33.4 Å². The number of rotatable bonds is 1. The SMILES string of the molecule is Cc1cc(-c2ccc3c(c2)Nc2cccc(C)c2S3)cc2c1Oc1ccccc1S2. The molecule has 0 spiro atoms. The lowest BCUT2D eigenvalue weighted by Crippen LogP contribution is -2.01. The fourth-order valence-electron chi connectivity index (χ4n) is 4.00. The lowest BCUT2D eigenvalue weighted by molar-refractivity contribution is 0.451. The Hall–Kier alpha value is -2.82. The van der Waals surface area contributed by atoms with Gasteiger partial charge in [0.25, 0.3) is 0 Å². The summed E-state index contributed by atoms with van der Waals surface area (Å²) in [5, 5.41) is 3.63. The number of aryl methyl sites for hydroxylation is 2. The number of anilines is 2. The van der Waals surface area contributed by atoms with Crippen LogP contribution in [0, 0.1) is 13.8 Å². The summed E-state index contributed by atoms with van der Waals surface area (Å²) in [6.07, 6.45) is 0. The maximum Gasteiger partial charge on any atom is 0.144 e. The molecule has 0 atom stereocenters. The van der Waals surface area contributed by atoms with Crippen LogP contribution in [0.25, 0.3) is 11.1 Å². The van der Waals surface area contributed by atoms with E-state index >= 15 is 0 Å². The van der Waals surface area contributed by atoms with E-state index in [1.165, 1.54) is 42.8 Å². The molecule has 0 aliphatic carbocycles. The van der Waals surface area contributed by atoms with Crippen LogP contribution in [-0.2, 0) is 0 Å². The van der Waals surface area contributed by atoms with Gasteiger partial charge in [-0.05, 0) is 78.6 Å². The maximum absolute atomic E-state index is 6.20. The molecule has 0 saturated heterocycles. The van der Waals surface area contributed by atoms with Gasteiger partial charge in [0.15, 0.2) is 0 Å². The van der Waals surface area contributed by atoms with Gasteiger partial charge >= 0.3 is 0 Å². The van der Waals surface area contributed by atoms with Crippen molar-refractivity contribution in [1.29, 1.82) is 0 Å². The molecule has 6 rings (SSSR count). The topological polar surface area (TPSA) is 21.3 Å². The Morgan fingerprint density at radius 3 is 2.50 bits per heavy atom. The Morgan fingerprint density at radius 2 is 1.57 bits per heavy atom. The van der Waals surface area contributed by atoms with Gasteiger partial charge in [-0.1, -0.05) is 53.9 Å². The minimum atomic E-state index is 0.940. The molecule has 0 fully saturated rings. The molecule has 0 aromatic heterocycles. The smallest absolute Gasteiger partial charge is 0.144 e. The molecule has 2 aliphatic rings. The van der Waals surface area contributed by atoms with Crippen LogP contribution in [0.3, 0.4) is 0 Å². The summed E-state index contributed by atoms with van der Waals surface area (Å²) in [6.45, 7) is 4.29. The Labute approximate surface area is 184 Å². The van der Waals surface area contributed by atoms with Gasteiger partial charge in [-0.25, -0.2) is 0 Å². The molecule has 1 N–H and O–H groups in total. The number of ether oxygens (including phenoxy) is 1. The van der Waals surface area contributed by atoms with Gasteiger partial charge in [0.05, 0.1) is 21.2 Å². The van der Waals surface area contributed by atoms with E-state index in [9.17, 15) is 0 Å². The van der Waals surface area contributed by atoms with Crippen LogP contribution < -0.4 is 10.1 Å². The lowest BCUT2D eigenvalue weighted by Gasteiger charge is -2.24. The number of hydrogen-bond donors (Lipinski definition) is 1. The molecule has 0 bridgehead atoms. The molecule has 2 nitrogen and oxygen atoms in total. The van der Waals surface area contributed by atoms with Gasteiger partial charge in [0, 0.05) is 9.79 Å². The number of benzene rings is 4. The van der Waals surface area contributed by atoms with Gasteiger partial charge in [0.1, 0.15) is 11.5 Å². The number of hydrogen-bond acceptors (Lipinski definition) is 4. The summed E-state index contributed by atoms with van der Waals surface area (Å²) in [5.41, 5.74) is 7.25. The molecule has 2 heterocycles. The highest BCUT2D eigenvalue weighted by atomic mass is 32.2. The fourth-order valence-corrected chi connectivity index (χ4v) is 6.11. The highest BCUT2D eigenvalue weighted by molar-refractivity contribution is 8.00. The summed E-state index contributed by atoms with van der Waals surface area (Å²) in [6, 6.07) is 25.8. The van der Waals surface area contributed by atoms with Crippen molar-refractivity contribution in [3.63, 3.8) is 0 Å². The second kappa shape index (κ2) is 6.86. The van der Waals surface area contributed by atoms with Crippen LogP contribution in [0.5, 0.6) is 11.5 Å². The van der Waals surface area contributed by atoms with Crippen LogP contribution in [0.4, 0.5) is 11.4 Å². The molecule has 2 aliphatic heterocycles. The Bertz CT molecular complexity index is 1330. The quantitative estimate of drug-likeness (QED) is 0.285. The average molecular weight is 426 g/mol. The molecule has 0 radical (unpaired) electrons. The van der Waals surface area contributed by atoms with E-state index in [0.717, 1.165) is 22.0 Å². The first-order chi connectivity index (χ1) is 14.7. The minimum Gasteiger partial charge on any atom is -0.455 e. The average Bonchev–Trinajstić information content (AvgIpc) is 2.76. The predicted molar refractivity (Wildman–Crippen MR) is 126 cm³/mol. The zero-order valence-corrected chi connectivity index (χ0v) is 18.3. The molecule has 0 amide bonds. The van der Waals surface area contributed by atoms with Crippen molar-refractivity contribution < 1.29 is 4.74 Å². The van der Waals surface area contributed by atoms with E-state index in [1.54, 1.807) is 11.8 Å². The van der Waals surface area contributed by atoms with E-state index in [0.29, 0.717) is 0 Å². The molecular formula is C26H19NOS2. The highest BCUT2D eigenvalue weighted by Crippen LogP contribution is 2.50. The monoisotopic (exact) mass is 425 g/mol. The van der Waals surface area contributed by atoms with Crippen LogP contribution >= 0.6 is 23.5 Å². The number of nitrogens with one attached hydrogen (secondary N) is 1. The molecule has 0 unspecified atom stereocenters. The standard InChI is InChI=1S/C26H19NOS2/c1-15-6-5-7-19-26(15)30-22-11-10-17(13-20(22)27-19)18-12-16(2)25-24(14-18)29-23-9-4-3-8-21(23)28-25/h3-14,27H,1-2H3. The summed E-state index contributed by atoms with van der Waals surface area (Å²) in [7, 11) is 0. The van der Waals surface area contributed by atoms with Crippen LogP contribution in [0.2, 0.25) is 0 Å². The van der Waals surface area contributed by atoms with Crippen molar-refractivity contribution in [3.8, 4) is 22.6 Å². The van der Waals surface area contributed by atoms with E-state index in [1.807, 2.05) is 23.9 Å². The number of para-hydroxylation sites is 1. The van der Waals surface area contributed by atoms with Crippen LogP contribution in [-0.4, -0.2) is 0 Å². The molecule has 146 valence electrons. The zero-order valence-electron chi connectivity index (χ0n) is 16.7. The lowest BCUT2D eigenvalue weighted by atomic mass is 10.0. The van der Waals surface area contributed by atoms with Crippen molar-refractivity contribution in [2.24, 2.45) is 0 Å². The van der Waals surface area contributed by atoms with E-state index in [2.05, 4.69) is 79.8 Å². The first-order valence-electron chi connectivity index (χ1n) is 9.94. The van der Waals surface area contributed by atoms with E-state index < -0.39 is 0 Å². The van der Waals surface area contributed by atoms with Gasteiger partial charge in [-0.15, -0.1) is 0 Å². The summed E-state index contributed by atoms with van der Waals surface area (Å²) < 4.78 is 6.20. The minimum absolute atomic E-state index is 0.940. The second-order valence-corrected chi connectivity index (χ2v) is 9.80. The molecule has 4 aromatic rings. The van der Waals surface area contributed by atoms with Crippen molar-refractivity contribution >= 4 is 34.9 Å². The largest absolute Gasteiger partial charge is 0.455 e. The molecule has 0 saturated carbocycles. The van der Waals surface area contributed by atoms with Crippen LogP contribution in [0.15, 0.2) is 92.4 Å². The van der Waals surface area contributed by atoms with Gasteiger partial charge in [-0.2, -0.15) is 0 Å². The van der Waals surface area contributed by atoms with Crippen molar-refractivity contribution in [1.82, 2.24) is 0 Å². The third kappa shape index (κ3) is 2.91. The van der Waals surface area contributed by atoms with Crippen molar-refractivity contribution in [3.05, 3.63) is 83.9 Å². The van der Waals surface area contributed by atoms with Crippen molar-refractivity contribution in [2.75, 3.05) is 5.32 Å². The molecule has 4 heteroatoms. The van der Waals surface area contributed by atoms with E-state index in [-0.39, 0.29) is 0 Å². The third-order valence-electron chi connectivity index (χ3n) is 5.53. The fraction of sp³-hybridized carbons (Fsp3) is 0.0769. The Balaban J connectivity index is 1.39. The molecule has 30 heavy (non-hydrogen) atoms. The van der Waals surface area contributed by atoms with Gasteiger partial charge in [-0.3, -0.25) is 0 Å². The Morgan fingerprint density at radius 1 is 0.667 bits per heavy atom. The molecular weight excluding hydrogens is 406 g/mol. The maximum atomic E-state index is 6.20. The van der Waals surface area contributed by atoms with Crippen LogP contribution in [0.1, 0.15) is 11.1 Å². The summed E-state index contributed by atoms with van der Waals surface area (Å²) in [4.78, 5) is 4.92. The molecule has 4 aromatic carbocycles.